The van der Waals surface area contributed by atoms with Gasteiger partial charge in [0.1, 0.15) is 12.1 Å². The van der Waals surface area contributed by atoms with E-state index in [1.54, 1.807) is 23.2 Å². The van der Waals surface area contributed by atoms with Crippen molar-refractivity contribution >= 4 is 5.91 Å². The average molecular weight is 259 g/mol. The highest BCUT2D eigenvalue weighted by Crippen LogP contribution is 2.26. The van der Waals surface area contributed by atoms with E-state index in [2.05, 4.69) is 11.1 Å². The number of aromatic nitrogens is 1. The van der Waals surface area contributed by atoms with Crippen molar-refractivity contribution in [2.75, 3.05) is 13.7 Å². The molecule has 0 saturated heterocycles. The predicted molar refractivity (Wildman–Crippen MR) is 69.7 cm³/mol. The van der Waals surface area contributed by atoms with E-state index in [1.165, 1.54) is 7.11 Å². The van der Waals surface area contributed by atoms with E-state index >= 15 is 0 Å². The Labute approximate surface area is 112 Å². The highest BCUT2D eigenvalue weighted by Gasteiger charge is 2.28. The van der Waals surface area contributed by atoms with Gasteiger partial charge in [0.25, 0.3) is 5.91 Å². The zero-order valence-corrected chi connectivity index (χ0v) is 11.0. The highest BCUT2D eigenvalue weighted by atomic mass is 16.5. The lowest BCUT2D eigenvalue weighted by atomic mass is 10.1. The number of carbonyl (C=O) groups is 1. The van der Waals surface area contributed by atoms with Crippen LogP contribution < -0.4 is 4.74 Å². The third kappa shape index (κ3) is 2.84. The van der Waals surface area contributed by atoms with Crippen LogP contribution in [0.1, 0.15) is 36.0 Å². The Bertz CT molecular complexity index is 490. The molecule has 0 aromatic carbocycles. The second kappa shape index (κ2) is 6.19. The van der Waals surface area contributed by atoms with E-state index in [1.807, 2.05) is 0 Å². The fourth-order valence-electron chi connectivity index (χ4n) is 2.53. The standard InChI is InChI=1S/C14H17N3O2/c1-19-13-12(7-4-9-16-13)14(18)17(10-8-15)11-5-2-3-6-11/h4,7,9,11H,2-3,5-6,10H2,1H3. The molecule has 1 aliphatic rings. The number of carbonyl (C=O) groups excluding carboxylic acids is 1. The molecule has 0 spiro atoms. The minimum absolute atomic E-state index is 0.113. The van der Waals surface area contributed by atoms with Crippen LogP contribution >= 0.6 is 0 Å². The zero-order valence-electron chi connectivity index (χ0n) is 11.0. The summed E-state index contributed by atoms with van der Waals surface area (Å²) in [7, 11) is 1.49. The summed E-state index contributed by atoms with van der Waals surface area (Å²) in [6, 6.07) is 5.63. The van der Waals surface area contributed by atoms with Gasteiger partial charge in [-0.2, -0.15) is 5.26 Å². The van der Waals surface area contributed by atoms with Crippen LogP contribution in [0.5, 0.6) is 5.88 Å². The lowest BCUT2D eigenvalue weighted by molar-refractivity contribution is 0.0705. The molecule has 0 N–H and O–H groups in total. The fraction of sp³-hybridized carbons (Fsp3) is 0.500. The van der Waals surface area contributed by atoms with Crippen molar-refractivity contribution in [2.45, 2.75) is 31.7 Å². The molecule has 19 heavy (non-hydrogen) atoms. The molecule has 0 aliphatic heterocycles. The van der Waals surface area contributed by atoms with Gasteiger partial charge in [0.2, 0.25) is 5.88 Å². The van der Waals surface area contributed by atoms with Crippen molar-refractivity contribution in [3.05, 3.63) is 23.9 Å². The Morgan fingerprint density at radius 3 is 2.95 bits per heavy atom. The molecule has 1 aromatic heterocycles. The average Bonchev–Trinajstić information content (AvgIpc) is 2.98. The van der Waals surface area contributed by atoms with Gasteiger partial charge < -0.3 is 9.64 Å². The van der Waals surface area contributed by atoms with E-state index < -0.39 is 0 Å². The largest absolute Gasteiger partial charge is 0.480 e. The van der Waals surface area contributed by atoms with Crippen molar-refractivity contribution < 1.29 is 9.53 Å². The minimum atomic E-state index is -0.168. The normalized spacial score (nSPS) is 14.9. The maximum absolute atomic E-state index is 12.6. The summed E-state index contributed by atoms with van der Waals surface area (Å²) in [5, 5.41) is 8.93. The van der Waals surface area contributed by atoms with E-state index in [0.29, 0.717) is 11.4 Å². The summed E-state index contributed by atoms with van der Waals surface area (Å²) in [6.07, 6.45) is 5.75. The first-order valence-corrected chi connectivity index (χ1v) is 6.45. The first-order chi connectivity index (χ1) is 9.27. The van der Waals surface area contributed by atoms with E-state index in [9.17, 15) is 4.79 Å². The molecule has 1 aliphatic carbocycles. The molecule has 2 rings (SSSR count). The molecule has 0 radical (unpaired) electrons. The molecule has 1 fully saturated rings. The topological polar surface area (TPSA) is 66.2 Å². The quantitative estimate of drug-likeness (QED) is 0.776. The number of methoxy groups -OCH3 is 1. The Balaban J connectivity index is 2.26. The lowest BCUT2D eigenvalue weighted by Crippen LogP contribution is -2.39. The Kier molecular flexibility index (Phi) is 4.35. The molecule has 5 nitrogen and oxygen atoms in total. The number of nitrogens with zero attached hydrogens (tertiary/aromatic N) is 3. The smallest absolute Gasteiger partial charge is 0.260 e. The maximum atomic E-state index is 12.6. The number of hydrogen-bond acceptors (Lipinski definition) is 4. The molecule has 0 bridgehead atoms. The van der Waals surface area contributed by atoms with Gasteiger partial charge in [0.15, 0.2) is 0 Å². The Morgan fingerprint density at radius 1 is 1.58 bits per heavy atom. The zero-order chi connectivity index (χ0) is 13.7. The minimum Gasteiger partial charge on any atom is -0.480 e. The van der Waals surface area contributed by atoms with Gasteiger partial charge >= 0.3 is 0 Å². The number of rotatable bonds is 4. The van der Waals surface area contributed by atoms with Gasteiger partial charge in [-0.25, -0.2) is 4.98 Å². The van der Waals surface area contributed by atoms with Crippen LogP contribution in [0, 0.1) is 11.3 Å². The van der Waals surface area contributed by atoms with Crippen molar-refractivity contribution in [3.8, 4) is 11.9 Å². The summed E-state index contributed by atoms with van der Waals surface area (Å²) < 4.78 is 5.12. The van der Waals surface area contributed by atoms with Crippen molar-refractivity contribution in [1.82, 2.24) is 9.88 Å². The van der Waals surface area contributed by atoms with Gasteiger partial charge in [-0.05, 0) is 25.0 Å². The number of amides is 1. The van der Waals surface area contributed by atoms with E-state index in [4.69, 9.17) is 10.00 Å². The van der Waals surface area contributed by atoms with Crippen LogP contribution in [0.3, 0.4) is 0 Å². The van der Waals surface area contributed by atoms with Crippen LogP contribution in [0.2, 0.25) is 0 Å². The molecule has 5 heteroatoms. The highest BCUT2D eigenvalue weighted by molar-refractivity contribution is 5.96. The first-order valence-electron chi connectivity index (χ1n) is 6.45. The van der Waals surface area contributed by atoms with Gasteiger partial charge in [-0.3, -0.25) is 4.79 Å². The van der Waals surface area contributed by atoms with Crippen LogP contribution in [0.4, 0.5) is 0 Å². The summed E-state index contributed by atoms with van der Waals surface area (Å²) in [6.45, 7) is 0.113. The van der Waals surface area contributed by atoms with Crippen LogP contribution in [-0.2, 0) is 0 Å². The third-order valence-electron chi connectivity index (χ3n) is 3.46. The fourth-order valence-corrected chi connectivity index (χ4v) is 2.53. The molecule has 1 aromatic rings. The monoisotopic (exact) mass is 259 g/mol. The van der Waals surface area contributed by atoms with Gasteiger partial charge in [-0.1, -0.05) is 12.8 Å². The lowest BCUT2D eigenvalue weighted by Gasteiger charge is -2.26. The first kappa shape index (κ1) is 13.3. The van der Waals surface area contributed by atoms with Crippen LogP contribution in [0.25, 0.3) is 0 Å². The van der Waals surface area contributed by atoms with Crippen LogP contribution in [-0.4, -0.2) is 35.5 Å². The second-order valence-corrected chi connectivity index (χ2v) is 4.59. The summed E-state index contributed by atoms with van der Waals surface area (Å²) in [4.78, 5) is 18.2. The predicted octanol–water partition coefficient (Wildman–Crippen LogP) is 2.00. The Hall–Kier alpha value is -2.09. The molecule has 100 valence electrons. The van der Waals surface area contributed by atoms with Crippen molar-refractivity contribution in [1.29, 1.82) is 5.26 Å². The van der Waals surface area contributed by atoms with E-state index in [-0.39, 0.29) is 18.5 Å². The SMILES string of the molecule is COc1ncccc1C(=O)N(CC#N)C1CCCC1. The number of pyridine rings is 1. The van der Waals surface area contributed by atoms with Gasteiger partial charge in [-0.15, -0.1) is 0 Å². The molecule has 1 heterocycles. The number of nitriles is 1. The molecular formula is C14H17N3O2. The van der Waals surface area contributed by atoms with Crippen molar-refractivity contribution in [3.63, 3.8) is 0 Å². The number of hydrogen-bond donors (Lipinski definition) is 0. The molecule has 0 atom stereocenters. The Morgan fingerprint density at radius 2 is 2.32 bits per heavy atom. The molecule has 1 amide bonds. The van der Waals surface area contributed by atoms with Gasteiger partial charge in [0.05, 0.1) is 13.2 Å². The second-order valence-electron chi connectivity index (χ2n) is 4.59. The summed E-state index contributed by atoms with van der Waals surface area (Å²) in [5.74, 6) is 0.145. The summed E-state index contributed by atoms with van der Waals surface area (Å²) >= 11 is 0. The molecule has 0 unspecified atom stereocenters. The number of ether oxygens (including phenoxy) is 1. The van der Waals surface area contributed by atoms with Crippen LogP contribution in [0.15, 0.2) is 18.3 Å². The van der Waals surface area contributed by atoms with Gasteiger partial charge in [0, 0.05) is 12.2 Å². The maximum Gasteiger partial charge on any atom is 0.260 e. The summed E-state index contributed by atoms with van der Waals surface area (Å²) in [5.41, 5.74) is 0.423. The van der Waals surface area contributed by atoms with E-state index in [0.717, 1.165) is 25.7 Å². The molecule has 1 saturated carbocycles. The third-order valence-corrected chi connectivity index (χ3v) is 3.46. The molecular weight excluding hydrogens is 242 g/mol. The van der Waals surface area contributed by atoms with Crippen molar-refractivity contribution in [2.24, 2.45) is 0 Å².